The predicted molar refractivity (Wildman–Crippen MR) is 75.5 cm³/mol. The van der Waals surface area contributed by atoms with E-state index < -0.39 is 6.04 Å². The van der Waals surface area contributed by atoms with Crippen LogP contribution in [0.25, 0.3) is 0 Å². The van der Waals surface area contributed by atoms with E-state index in [1.165, 1.54) is 17.0 Å². The maximum absolute atomic E-state index is 13.2. The van der Waals surface area contributed by atoms with E-state index >= 15 is 0 Å². The van der Waals surface area contributed by atoms with E-state index in [1.54, 1.807) is 13.0 Å². The molecule has 5 nitrogen and oxygen atoms in total. The van der Waals surface area contributed by atoms with Crippen molar-refractivity contribution in [3.63, 3.8) is 0 Å². The monoisotopic (exact) mass is 343 g/mol. The molecule has 1 heterocycles. The normalized spacial score (nSPS) is 18.6. The Morgan fingerprint density at radius 1 is 1.55 bits per heavy atom. The molecule has 0 aliphatic carbocycles. The molecule has 1 atom stereocenters. The lowest BCUT2D eigenvalue weighted by Gasteiger charge is -2.32. The number of halogens is 2. The van der Waals surface area contributed by atoms with Gasteiger partial charge >= 0.3 is 6.03 Å². The average Bonchev–Trinajstić information content (AvgIpc) is 2.38. The molecular formula is C13H15BrFN3O2. The molecule has 108 valence electrons. The third-order valence-electron chi connectivity index (χ3n) is 3.13. The summed E-state index contributed by atoms with van der Waals surface area (Å²) in [5.74, 6) is -0.533. The molecule has 2 rings (SSSR count). The maximum Gasteiger partial charge on any atom is 0.318 e. The smallest absolute Gasteiger partial charge is 0.318 e. The van der Waals surface area contributed by atoms with Gasteiger partial charge in [0.1, 0.15) is 11.9 Å². The number of amides is 3. The molecule has 0 radical (unpaired) electrons. The summed E-state index contributed by atoms with van der Waals surface area (Å²) >= 11 is 3.20. The van der Waals surface area contributed by atoms with E-state index in [9.17, 15) is 14.0 Å². The molecule has 0 aromatic heterocycles. The predicted octanol–water partition coefficient (Wildman–Crippen LogP) is 1.62. The third-order valence-corrected chi connectivity index (χ3v) is 3.58. The molecule has 1 aromatic carbocycles. The highest BCUT2D eigenvalue weighted by atomic mass is 79.9. The van der Waals surface area contributed by atoms with Gasteiger partial charge in [0.2, 0.25) is 5.91 Å². The van der Waals surface area contributed by atoms with Gasteiger partial charge in [0, 0.05) is 24.1 Å². The largest absolute Gasteiger partial charge is 0.353 e. The summed E-state index contributed by atoms with van der Waals surface area (Å²) < 4.78 is 13.8. The number of carbonyl (C=O) groups excluding carboxylic acids is 2. The minimum absolute atomic E-state index is 0.167. The van der Waals surface area contributed by atoms with Crippen molar-refractivity contribution in [1.82, 2.24) is 15.5 Å². The second kappa shape index (κ2) is 6.21. The topological polar surface area (TPSA) is 61.4 Å². The fraction of sp³-hybridized carbons (Fsp3) is 0.385. The number of nitrogens with zero attached hydrogens (tertiary/aromatic N) is 1. The zero-order valence-electron chi connectivity index (χ0n) is 11.0. The summed E-state index contributed by atoms with van der Waals surface area (Å²) in [6.07, 6.45) is 0. The van der Waals surface area contributed by atoms with E-state index in [-0.39, 0.29) is 24.3 Å². The molecule has 0 saturated carbocycles. The first-order valence-corrected chi connectivity index (χ1v) is 7.04. The van der Waals surface area contributed by atoms with Gasteiger partial charge in [-0.15, -0.1) is 0 Å². The number of piperazine rings is 1. The van der Waals surface area contributed by atoms with E-state index in [0.717, 1.165) is 0 Å². The van der Waals surface area contributed by atoms with Crippen LogP contribution in [-0.4, -0.2) is 36.0 Å². The van der Waals surface area contributed by atoms with Crippen LogP contribution in [0.4, 0.5) is 9.18 Å². The Bertz CT molecular complexity index is 518. The van der Waals surface area contributed by atoms with Crippen molar-refractivity contribution >= 4 is 27.9 Å². The summed E-state index contributed by atoms with van der Waals surface area (Å²) in [4.78, 5) is 25.0. The lowest BCUT2D eigenvalue weighted by molar-refractivity contribution is -0.126. The number of nitrogens with one attached hydrogen (secondary N) is 2. The molecule has 1 aliphatic rings. The second-order valence-corrected chi connectivity index (χ2v) is 5.51. The lowest BCUT2D eigenvalue weighted by Crippen LogP contribution is -2.58. The van der Waals surface area contributed by atoms with Gasteiger partial charge in [-0.2, -0.15) is 0 Å². The number of hydrogen-bond donors (Lipinski definition) is 2. The van der Waals surface area contributed by atoms with Gasteiger partial charge < -0.3 is 15.5 Å². The van der Waals surface area contributed by atoms with Crippen LogP contribution in [0.3, 0.4) is 0 Å². The Kier molecular flexibility index (Phi) is 4.59. The molecule has 1 fully saturated rings. The summed E-state index contributed by atoms with van der Waals surface area (Å²) in [6.45, 7) is 2.79. The fourth-order valence-electron chi connectivity index (χ4n) is 2.05. The van der Waals surface area contributed by atoms with Crippen molar-refractivity contribution in [2.45, 2.75) is 19.5 Å². The second-order valence-electron chi connectivity index (χ2n) is 4.60. The van der Waals surface area contributed by atoms with Crippen LogP contribution in [0, 0.1) is 5.82 Å². The molecular weight excluding hydrogens is 329 g/mol. The highest BCUT2D eigenvalue weighted by Gasteiger charge is 2.28. The van der Waals surface area contributed by atoms with Crippen LogP contribution in [0.2, 0.25) is 0 Å². The molecule has 1 aliphatic heterocycles. The summed E-state index contributed by atoms with van der Waals surface area (Å²) in [7, 11) is 0. The Morgan fingerprint density at radius 3 is 3.00 bits per heavy atom. The molecule has 1 saturated heterocycles. The highest BCUT2D eigenvalue weighted by molar-refractivity contribution is 9.10. The zero-order valence-corrected chi connectivity index (χ0v) is 12.5. The van der Waals surface area contributed by atoms with Crippen LogP contribution >= 0.6 is 15.9 Å². The standard InChI is InChI=1S/C13H15BrFN3O2/c1-8-12(19)16-2-3-18(8)13(20)17-7-9-4-10(14)6-11(15)5-9/h4-6,8H,2-3,7H2,1H3,(H,16,19)(H,17,20). The van der Waals surface area contributed by atoms with E-state index in [1.807, 2.05) is 0 Å². The SMILES string of the molecule is CC1C(=O)NCCN1C(=O)NCc1cc(F)cc(Br)c1. The van der Waals surface area contributed by atoms with Crippen LogP contribution in [-0.2, 0) is 11.3 Å². The first-order valence-electron chi connectivity index (χ1n) is 6.24. The Hall–Kier alpha value is -1.63. The van der Waals surface area contributed by atoms with Crippen molar-refractivity contribution in [3.05, 3.63) is 34.1 Å². The zero-order chi connectivity index (χ0) is 14.7. The van der Waals surface area contributed by atoms with Crippen molar-refractivity contribution in [2.24, 2.45) is 0 Å². The van der Waals surface area contributed by atoms with Gasteiger partial charge in [-0.25, -0.2) is 9.18 Å². The first-order chi connectivity index (χ1) is 9.47. The third kappa shape index (κ3) is 3.47. The molecule has 0 bridgehead atoms. The Balaban J connectivity index is 1.96. The summed E-state index contributed by atoms with van der Waals surface area (Å²) in [5.41, 5.74) is 0.652. The maximum atomic E-state index is 13.2. The van der Waals surface area contributed by atoms with Gasteiger partial charge in [0.25, 0.3) is 0 Å². The average molecular weight is 344 g/mol. The fourth-order valence-corrected chi connectivity index (χ4v) is 2.56. The lowest BCUT2D eigenvalue weighted by atomic mass is 10.2. The number of carbonyl (C=O) groups is 2. The first kappa shape index (κ1) is 14.8. The summed E-state index contributed by atoms with van der Waals surface area (Å²) in [5, 5.41) is 5.38. The highest BCUT2D eigenvalue weighted by Crippen LogP contribution is 2.15. The Morgan fingerprint density at radius 2 is 2.30 bits per heavy atom. The quantitative estimate of drug-likeness (QED) is 0.857. The molecule has 20 heavy (non-hydrogen) atoms. The minimum Gasteiger partial charge on any atom is -0.353 e. The van der Waals surface area contributed by atoms with E-state index in [0.29, 0.717) is 23.1 Å². The minimum atomic E-state index is -0.497. The van der Waals surface area contributed by atoms with E-state index in [4.69, 9.17) is 0 Å². The number of urea groups is 1. The van der Waals surface area contributed by atoms with Gasteiger partial charge in [-0.05, 0) is 30.7 Å². The van der Waals surface area contributed by atoms with Gasteiger partial charge in [-0.1, -0.05) is 15.9 Å². The molecule has 2 N–H and O–H groups in total. The number of benzene rings is 1. The van der Waals surface area contributed by atoms with Crippen LogP contribution in [0.15, 0.2) is 22.7 Å². The Labute approximate surface area is 124 Å². The molecule has 1 aromatic rings. The molecule has 1 unspecified atom stereocenters. The van der Waals surface area contributed by atoms with E-state index in [2.05, 4.69) is 26.6 Å². The molecule has 7 heteroatoms. The molecule has 3 amide bonds. The number of hydrogen-bond acceptors (Lipinski definition) is 2. The summed E-state index contributed by atoms with van der Waals surface area (Å²) in [6, 6.07) is 3.62. The van der Waals surface area contributed by atoms with Crippen molar-refractivity contribution in [1.29, 1.82) is 0 Å². The molecule has 0 spiro atoms. The van der Waals surface area contributed by atoms with Gasteiger partial charge in [0.15, 0.2) is 0 Å². The van der Waals surface area contributed by atoms with Crippen LogP contribution < -0.4 is 10.6 Å². The van der Waals surface area contributed by atoms with Crippen LogP contribution in [0.1, 0.15) is 12.5 Å². The van der Waals surface area contributed by atoms with Crippen molar-refractivity contribution < 1.29 is 14.0 Å². The van der Waals surface area contributed by atoms with Crippen molar-refractivity contribution in [2.75, 3.05) is 13.1 Å². The van der Waals surface area contributed by atoms with Gasteiger partial charge in [-0.3, -0.25) is 4.79 Å². The van der Waals surface area contributed by atoms with Crippen molar-refractivity contribution in [3.8, 4) is 0 Å². The number of rotatable bonds is 2. The van der Waals surface area contributed by atoms with Crippen LogP contribution in [0.5, 0.6) is 0 Å². The van der Waals surface area contributed by atoms with Gasteiger partial charge in [0.05, 0.1) is 0 Å².